The summed E-state index contributed by atoms with van der Waals surface area (Å²) in [6, 6.07) is 0.0804. The van der Waals surface area contributed by atoms with E-state index in [9.17, 15) is 9.90 Å². The van der Waals surface area contributed by atoms with Gasteiger partial charge < -0.3 is 14.9 Å². The SMILES string of the molecule is Cc1noc(Cl)c1CCC(=O)NC(CCO)C1CCCCC1. The van der Waals surface area contributed by atoms with Crippen molar-refractivity contribution < 1.29 is 14.4 Å². The summed E-state index contributed by atoms with van der Waals surface area (Å²) in [5.74, 6) is 0.492. The molecule has 0 spiro atoms. The maximum Gasteiger partial charge on any atom is 0.229 e. The van der Waals surface area contributed by atoms with Crippen LogP contribution in [0.5, 0.6) is 0 Å². The number of nitrogens with one attached hydrogen (secondary N) is 1. The summed E-state index contributed by atoms with van der Waals surface area (Å²) >= 11 is 5.91. The van der Waals surface area contributed by atoms with E-state index in [0.29, 0.717) is 25.2 Å². The maximum absolute atomic E-state index is 12.2. The number of carbonyl (C=O) groups excluding carboxylic acids is 1. The number of carbonyl (C=O) groups is 1. The van der Waals surface area contributed by atoms with Crippen molar-refractivity contribution in [1.29, 1.82) is 0 Å². The lowest BCUT2D eigenvalue weighted by Crippen LogP contribution is -2.41. The third-order valence-electron chi connectivity index (χ3n) is 4.54. The van der Waals surface area contributed by atoms with E-state index < -0.39 is 0 Å². The molecular weight excluding hydrogens is 304 g/mol. The third kappa shape index (κ3) is 4.71. The summed E-state index contributed by atoms with van der Waals surface area (Å²) in [6.07, 6.45) is 7.51. The van der Waals surface area contributed by atoms with Crippen molar-refractivity contribution in [1.82, 2.24) is 10.5 Å². The second-order valence-electron chi connectivity index (χ2n) is 6.10. The van der Waals surface area contributed by atoms with Crippen LogP contribution >= 0.6 is 11.6 Å². The van der Waals surface area contributed by atoms with Crippen LogP contribution in [0.4, 0.5) is 0 Å². The zero-order valence-electron chi connectivity index (χ0n) is 13.1. The van der Waals surface area contributed by atoms with Gasteiger partial charge in [-0.25, -0.2) is 0 Å². The van der Waals surface area contributed by atoms with Crippen LogP contribution in [0.2, 0.25) is 5.22 Å². The summed E-state index contributed by atoms with van der Waals surface area (Å²) in [4.78, 5) is 12.2. The van der Waals surface area contributed by atoms with Crippen LogP contribution in [0.1, 0.15) is 56.2 Å². The van der Waals surface area contributed by atoms with E-state index in [2.05, 4.69) is 10.5 Å². The molecule has 1 aliphatic rings. The highest BCUT2D eigenvalue weighted by Crippen LogP contribution is 2.28. The van der Waals surface area contributed by atoms with E-state index >= 15 is 0 Å². The number of hydrogen-bond donors (Lipinski definition) is 2. The molecule has 1 saturated carbocycles. The molecule has 1 unspecified atom stereocenters. The minimum Gasteiger partial charge on any atom is -0.396 e. The number of amides is 1. The van der Waals surface area contributed by atoms with Crippen LogP contribution in [0.25, 0.3) is 0 Å². The monoisotopic (exact) mass is 328 g/mol. The Balaban J connectivity index is 1.85. The zero-order valence-corrected chi connectivity index (χ0v) is 13.9. The quantitative estimate of drug-likeness (QED) is 0.806. The molecule has 1 fully saturated rings. The Morgan fingerprint density at radius 2 is 2.18 bits per heavy atom. The molecule has 1 heterocycles. The zero-order chi connectivity index (χ0) is 15.9. The van der Waals surface area contributed by atoms with Crippen molar-refractivity contribution in [3.8, 4) is 0 Å². The fraction of sp³-hybridized carbons (Fsp3) is 0.750. The highest BCUT2D eigenvalue weighted by molar-refractivity contribution is 6.29. The molecule has 0 bridgehead atoms. The lowest BCUT2D eigenvalue weighted by molar-refractivity contribution is -0.122. The maximum atomic E-state index is 12.2. The van der Waals surface area contributed by atoms with Gasteiger partial charge >= 0.3 is 0 Å². The van der Waals surface area contributed by atoms with Gasteiger partial charge in [-0.2, -0.15) is 0 Å². The summed E-state index contributed by atoms with van der Waals surface area (Å²) in [6.45, 7) is 1.93. The molecule has 1 aromatic rings. The molecule has 0 aromatic carbocycles. The second kappa shape index (κ2) is 8.53. The minimum atomic E-state index is 0.000639. The molecule has 1 atom stereocenters. The van der Waals surface area contributed by atoms with E-state index in [0.717, 1.165) is 24.1 Å². The lowest BCUT2D eigenvalue weighted by Gasteiger charge is -2.30. The molecule has 1 aliphatic carbocycles. The van der Waals surface area contributed by atoms with Gasteiger partial charge in [0.05, 0.1) is 5.69 Å². The molecule has 1 aromatic heterocycles. The minimum absolute atomic E-state index is 0.000639. The van der Waals surface area contributed by atoms with Gasteiger partial charge in [0.25, 0.3) is 0 Å². The number of aliphatic hydroxyl groups is 1. The Morgan fingerprint density at radius 1 is 1.45 bits per heavy atom. The molecule has 0 saturated heterocycles. The third-order valence-corrected chi connectivity index (χ3v) is 4.84. The highest BCUT2D eigenvalue weighted by Gasteiger charge is 2.24. The highest BCUT2D eigenvalue weighted by atomic mass is 35.5. The summed E-state index contributed by atoms with van der Waals surface area (Å²) in [5.41, 5.74) is 1.53. The van der Waals surface area contributed by atoms with Gasteiger partial charge in [0, 0.05) is 24.6 Å². The molecule has 2 N–H and O–H groups in total. The molecule has 6 heteroatoms. The predicted molar refractivity (Wildman–Crippen MR) is 84.8 cm³/mol. The molecule has 0 radical (unpaired) electrons. The van der Waals surface area contributed by atoms with Crippen molar-refractivity contribution in [2.75, 3.05) is 6.61 Å². The van der Waals surface area contributed by atoms with E-state index in [1.165, 1.54) is 19.3 Å². The van der Waals surface area contributed by atoms with Crippen LogP contribution < -0.4 is 5.32 Å². The normalized spacial score (nSPS) is 17.4. The number of halogens is 1. The van der Waals surface area contributed by atoms with Crippen molar-refractivity contribution in [2.45, 2.75) is 64.3 Å². The van der Waals surface area contributed by atoms with Gasteiger partial charge in [-0.05, 0) is 50.1 Å². The van der Waals surface area contributed by atoms with E-state index in [1.807, 2.05) is 6.92 Å². The largest absolute Gasteiger partial charge is 0.396 e. The van der Waals surface area contributed by atoms with Crippen molar-refractivity contribution in [2.24, 2.45) is 5.92 Å². The Kier molecular flexibility index (Phi) is 6.70. The smallest absolute Gasteiger partial charge is 0.229 e. The second-order valence-corrected chi connectivity index (χ2v) is 6.45. The average molecular weight is 329 g/mol. The fourth-order valence-electron chi connectivity index (χ4n) is 3.26. The lowest BCUT2D eigenvalue weighted by atomic mass is 9.82. The molecule has 0 aliphatic heterocycles. The fourth-order valence-corrected chi connectivity index (χ4v) is 3.52. The van der Waals surface area contributed by atoms with E-state index in [1.54, 1.807) is 0 Å². The molecule has 2 rings (SSSR count). The van der Waals surface area contributed by atoms with Crippen molar-refractivity contribution in [3.05, 3.63) is 16.5 Å². The van der Waals surface area contributed by atoms with Gasteiger partial charge in [-0.15, -0.1) is 0 Å². The predicted octanol–water partition coefficient (Wildman–Crippen LogP) is 3.02. The molecule has 1 amide bonds. The van der Waals surface area contributed by atoms with Crippen LogP contribution in [0.3, 0.4) is 0 Å². The Labute approximate surface area is 136 Å². The van der Waals surface area contributed by atoms with Crippen LogP contribution in [-0.4, -0.2) is 28.8 Å². The Hall–Kier alpha value is -1.07. The molecule has 5 nitrogen and oxygen atoms in total. The number of aryl methyl sites for hydroxylation is 1. The van der Waals surface area contributed by atoms with Crippen molar-refractivity contribution >= 4 is 17.5 Å². The summed E-state index contributed by atoms with van der Waals surface area (Å²) in [7, 11) is 0. The number of hydrogen-bond acceptors (Lipinski definition) is 4. The molecule has 22 heavy (non-hydrogen) atoms. The summed E-state index contributed by atoms with van der Waals surface area (Å²) < 4.78 is 4.89. The number of rotatable bonds is 7. The first kappa shape index (κ1) is 17.3. The first-order valence-corrected chi connectivity index (χ1v) is 8.50. The van der Waals surface area contributed by atoms with Crippen LogP contribution in [0, 0.1) is 12.8 Å². The topological polar surface area (TPSA) is 75.4 Å². The van der Waals surface area contributed by atoms with Crippen LogP contribution in [-0.2, 0) is 11.2 Å². The van der Waals surface area contributed by atoms with E-state index in [4.69, 9.17) is 16.1 Å². The Morgan fingerprint density at radius 3 is 2.77 bits per heavy atom. The number of aliphatic hydroxyl groups excluding tert-OH is 1. The van der Waals surface area contributed by atoms with Crippen LogP contribution in [0.15, 0.2) is 4.52 Å². The first-order valence-electron chi connectivity index (χ1n) is 8.12. The first-order chi connectivity index (χ1) is 10.6. The molecular formula is C16H25ClN2O3. The van der Waals surface area contributed by atoms with Crippen molar-refractivity contribution in [3.63, 3.8) is 0 Å². The van der Waals surface area contributed by atoms with Gasteiger partial charge in [0.2, 0.25) is 11.1 Å². The van der Waals surface area contributed by atoms with Gasteiger partial charge in [-0.3, -0.25) is 4.79 Å². The number of nitrogens with zero attached hydrogens (tertiary/aromatic N) is 1. The van der Waals surface area contributed by atoms with E-state index in [-0.39, 0.29) is 23.8 Å². The Bertz CT molecular complexity index is 464. The summed E-state index contributed by atoms with van der Waals surface area (Å²) in [5, 5.41) is 16.4. The number of aromatic nitrogens is 1. The van der Waals surface area contributed by atoms with Gasteiger partial charge in [0.15, 0.2) is 0 Å². The van der Waals surface area contributed by atoms with Gasteiger partial charge in [-0.1, -0.05) is 24.4 Å². The molecule has 124 valence electrons. The average Bonchev–Trinajstić information content (AvgIpc) is 2.84. The van der Waals surface area contributed by atoms with Gasteiger partial charge in [0.1, 0.15) is 0 Å². The standard InChI is InChI=1S/C16H25ClN2O3/c1-11-13(16(17)22-19-11)7-8-15(21)18-14(9-10-20)12-5-3-2-4-6-12/h12,14,20H,2-10H2,1H3,(H,18,21).